The first-order chi connectivity index (χ1) is 15.1. The van der Waals surface area contributed by atoms with E-state index in [2.05, 4.69) is 17.6 Å². The molecule has 5 heteroatoms. The lowest BCUT2D eigenvalue weighted by Gasteiger charge is -2.28. The van der Waals surface area contributed by atoms with E-state index in [4.69, 9.17) is 0 Å². The number of amides is 2. The molecule has 3 aromatic rings. The van der Waals surface area contributed by atoms with Gasteiger partial charge < -0.3 is 14.4 Å². The van der Waals surface area contributed by atoms with Crippen LogP contribution < -0.4 is 0 Å². The van der Waals surface area contributed by atoms with Crippen molar-refractivity contribution in [2.24, 2.45) is 7.05 Å². The van der Waals surface area contributed by atoms with Gasteiger partial charge in [0.25, 0.3) is 5.91 Å². The molecule has 0 atom stereocenters. The Labute approximate surface area is 184 Å². The van der Waals surface area contributed by atoms with Crippen molar-refractivity contribution in [3.05, 3.63) is 72.1 Å². The molecule has 0 N–H and O–H groups in total. The van der Waals surface area contributed by atoms with Crippen LogP contribution in [-0.4, -0.2) is 45.3 Å². The summed E-state index contributed by atoms with van der Waals surface area (Å²) in [6, 6.07) is 18.2. The highest BCUT2D eigenvalue weighted by Crippen LogP contribution is 2.29. The molecule has 1 heterocycles. The molecule has 4 rings (SSSR count). The Balaban J connectivity index is 1.52. The van der Waals surface area contributed by atoms with Crippen LogP contribution in [0.3, 0.4) is 0 Å². The molecule has 0 bridgehead atoms. The first kappa shape index (κ1) is 21.2. The molecule has 1 aliphatic carbocycles. The van der Waals surface area contributed by atoms with Crippen LogP contribution in [-0.2, 0) is 18.4 Å². The molecule has 2 amide bonds. The van der Waals surface area contributed by atoms with E-state index in [0.717, 1.165) is 42.1 Å². The lowest BCUT2D eigenvalue weighted by atomic mass is 10.1. The number of hydrogen-bond donors (Lipinski definition) is 0. The highest BCUT2D eigenvalue weighted by Gasteiger charge is 2.34. The predicted octanol–water partition coefficient (Wildman–Crippen LogP) is 4.61. The largest absolute Gasteiger partial charge is 0.353 e. The average Bonchev–Trinajstić information content (AvgIpc) is 3.55. The van der Waals surface area contributed by atoms with Crippen LogP contribution in [0, 0.1) is 0 Å². The molecule has 1 saturated carbocycles. The normalized spacial score (nSPS) is 13.4. The fraction of sp³-hybridized carbons (Fsp3) is 0.385. The summed E-state index contributed by atoms with van der Waals surface area (Å²) in [4.78, 5) is 30.4. The summed E-state index contributed by atoms with van der Waals surface area (Å²) < 4.78 is 2.05. The smallest absolute Gasteiger partial charge is 0.254 e. The van der Waals surface area contributed by atoms with Gasteiger partial charge in [0.05, 0.1) is 6.54 Å². The molecule has 1 fully saturated rings. The van der Waals surface area contributed by atoms with Gasteiger partial charge in [-0.2, -0.15) is 0 Å². The second-order valence-electron chi connectivity index (χ2n) is 8.51. The van der Waals surface area contributed by atoms with E-state index in [1.807, 2.05) is 66.7 Å². The van der Waals surface area contributed by atoms with Crippen molar-refractivity contribution in [3.8, 4) is 0 Å². The maximum Gasteiger partial charge on any atom is 0.254 e. The molecule has 162 valence electrons. The molecule has 1 aromatic heterocycles. The van der Waals surface area contributed by atoms with Gasteiger partial charge in [0.15, 0.2) is 0 Å². The van der Waals surface area contributed by atoms with E-state index in [1.54, 1.807) is 4.90 Å². The number of carbonyl (C=O) groups is 2. The number of carbonyl (C=O) groups excluding carboxylic acids is 2. The molecule has 0 spiro atoms. The van der Waals surface area contributed by atoms with Gasteiger partial charge in [-0.05, 0) is 54.3 Å². The number of nitrogens with zero attached hydrogens (tertiary/aromatic N) is 3. The van der Waals surface area contributed by atoms with Crippen LogP contribution in [0.2, 0.25) is 0 Å². The zero-order valence-electron chi connectivity index (χ0n) is 18.5. The van der Waals surface area contributed by atoms with Crippen LogP contribution in [0.25, 0.3) is 10.8 Å². The number of hydrogen-bond acceptors (Lipinski definition) is 2. The number of aryl methyl sites for hydroxylation is 1. The van der Waals surface area contributed by atoms with Crippen LogP contribution in [0.15, 0.2) is 60.8 Å². The van der Waals surface area contributed by atoms with E-state index in [1.165, 1.54) is 0 Å². The molecule has 31 heavy (non-hydrogen) atoms. The van der Waals surface area contributed by atoms with Crippen molar-refractivity contribution < 1.29 is 9.59 Å². The second-order valence-corrected chi connectivity index (χ2v) is 8.51. The van der Waals surface area contributed by atoms with Gasteiger partial charge in [0.2, 0.25) is 5.91 Å². The van der Waals surface area contributed by atoms with Crippen molar-refractivity contribution >= 4 is 22.6 Å². The van der Waals surface area contributed by atoms with E-state index in [0.29, 0.717) is 24.7 Å². The van der Waals surface area contributed by atoms with Crippen molar-refractivity contribution in [2.45, 2.75) is 45.2 Å². The monoisotopic (exact) mass is 417 g/mol. The molecule has 5 nitrogen and oxygen atoms in total. The summed E-state index contributed by atoms with van der Waals surface area (Å²) in [7, 11) is 2.00. The lowest BCUT2D eigenvalue weighted by Crippen LogP contribution is -2.44. The molecule has 0 aliphatic heterocycles. The number of aromatic nitrogens is 1. The summed E-state index contributed by atoms with van der Waals surface area (Å²) in [6.45, 7) is 3.42. The Bertz CT molecular complexity index is 1070. The highest BCUT2D eigenvalue weighted by atomic mass is 16.2. The first-order valence-corrected chi connectivity index (χ1v) is 11.2. The van der Waals surface area contributed by atoms with Crippen molar-refractivity contribution in [1.29, 1.82) is 0 Å². The summed E-state index contributed by atoms with van der Waals surface area (Å²) in [5.74, 6) is -0.0314. The Kier molecular flexibility index (Phi) is 6.40. The predicted molar refractivity (Wildman–Crippen MR) is 124 cm³/mol. The Morgan fingerprint density at radius 2 is 1.81 bits per heavy atom. The zero-order valence-corrected chi connectivity index (χ0v) is 18.5. The van der Waals surface area contributed by atoms with Gasteiger partial charge in [-0.1, -0.05) is 43.7 Å². The van der Waals surface area contributed by atoms with E-state index < -0.39 is 0 Å². The van der Waals surface area contributed by atoms with Gasteiger partial charge in [-0.3, -0.25) is 9.59 Å². The zero-order chi connectivity index (χ0) is 21.8. The third-order valence-electron chi connectivity index (χ3n) is 6.08. The minimum atomic E-state index is -0.0674. The summed E-state index contributed by atoms with van der Waals surface area (Å²) in [5, 5.41) is 2.15. The van der Waals surface area contributed by atoms with Crippen molar-refractivity contribution in [1.82, 2.24) is 14.4 Å². The molecule has 1 aliphatic rings. The fourth-order valence-corrected chi connectivity index (χ4v) is 4.00. The minimum Gasteiger partial charge on any atom is -0.353 e. The quantitative estimate of drug-likeness (QED) is 0.510. The summed E-state index contributed by atoms with van der Waals surface area (Å²) in [5.41, 5.74) is 1.75. The summed E-state index contributed by atoms with van der Waals surface area (Å²) >= 11 is 0. The van der Waals surface area contributed by atoms with Gasteiger partial charge in [0.1, 0.15) is 6.54 Å². The number of benzene rings is 2. The molecule has 0 unspecified atom stereocenters. The molecule has 0 saturated heterocycles. The van der Waals surface area contributed by atoms with Gasteiger partial charge in [-0.15, -0.1) is 0 Å². The number of fused-ring (bicyclic) bond motifs is 1. The standard InChI is InChI=1S/C26H31N3O2/c1-3-4-16-28(26(31)22-12-11-20-8-5-6-9-21(20)17-22)19-25(30)29(23-13-14-23)18-24-10-7-15-27(24)2/h5-12,15,17,23H,3-4,13-14,16,18-19H2,1-2H3. The van der Waals surface area contributed by atoms with Gasteiger partial charge >= 0.3 is 0 Å². The molecule has 2 aromatic carbocycles. The second kappa shape index (κ2) is 9.38. The molecular formula is C26H31N3O2. The van der Waals surface area contributed by atoms with Crippen LogP contribution in [0.4, 0.5) is 0 Å². The maximum atomic E-state index is 13.4. The molecular weight excluding hydrogens is 386 g/mol. The Morgan fingerprint density at radius 1 is 1.03 bits per heavy atom. The minimum absolute atomic E-state index is 0.0361. The van der Waals surface area contributed by atoms with Crippen LogP contribution in [0.1, 0.15) is 48.7 Å². The van der Waals surface area contributed by atoms with Gasteiger partial charge in [-0.25, -0.2) is 0 Å². The summed E-state index contributed by atoms with van der Waals surface area (Å²) in [6.07, 6.45) is 5.95. The Hall–Kier alpha value is -3.08. The highest BCUT2D eigenvalue weighted by molar-refractivity contribution is 6.00. The lowest BCUT2D eigenvalue weighted by molar-refractivity contribution is -0.133. The third-order valence-corrected chi connectivity index (χ3v) is 6.08. The average molecular weight is 418 g/mol. The third kappa shape index (κ3) is 4.98. The van der Waals surface area contributed by atoms with E-state index >= 15 is 0 Å². The number of rotatable bonds is 9. The Morgan fingerprint density at radius 3 is 2.48 bits per heavy atom. The van der Waals surface area contributed by atoms with Crippen LogP contribution >= 0.6 is 0 Å². The maximum absolute atomic E-state index is 13.4. The fourth-order valence-electron chi connectivity index (χ4n) is 4.00. The van der Waals surface area contributed by atoms with Crippen molar-refractivity contribution in [3.63, 3.8) is 0 Å². The molecule has 0 radical (unpaired) electrons. The van der Waals surface area contributed by atoms with E-state index in [9.17, 15) is 9.59 Å². The van der Waals surface area contributed by atoms with Crippen molar-refractivity contribution in [2.75, 3.05) is 13.1 Å². The number of unbranched alkanes of at least 4 members (excludes halogenated alkanes) is 1. The van der Waals surface area contributed by atoms with Gasteiger partial charge in [0, 0.05) is 37.1 Å². The topological polar surface area (TPSA) is 45.6 Å². The van der Waals surface area contributed by atoms with E-state index in [-0.39, 0.29) is 18.4 Å². The first-order valence-electron chi connectivity index (χ1n) is 11.2. The van der Waals surface area contributed by atoms with Crippen LogP contribution in [0.5, 0.6) is 0 Å². The SMILES string of the molecule is CCCCN(CC(=O)N(Cc1cccn1C)C1CC1)C(=O)c1ccc2ccccc2c1.